The van der Waals surface area contributed by atoms with Crippen LogP contribution in [0.25, 0.3) is 0 Å². The maximum atomic E-state index is 12.7. The lowest BCUT2D eigenvalue weighted by Gasteiger charge is -2.31. The first kappa shape index (κ1) is 14.1. The van der Waals surface area contributed by atoms with Gasteiger partial charge in [0.15, 0.2) is 0 Å². The van der Waals surface area contributed by atoms with E-state index in [1.54, 1.807) is 0 Å². The van der Waals surface area contributed by atoms with E-state index in [4.69, 9.17) is 0 Å². The first-order valence-electron chi connectivity index (χ1n) is 7.39. The summed E-state index contributed by atoms with van der Waals surface area (Å²) in [6.45, 7) is 4.20. The third-order valence-electron chi connectivity index (χ3n) is 4.68. The van der Waals surface area contributed by atoms with Gasteiger partial charge in [-0.2, -0.15) is 0 Å². The van der Waals surface area contributed by atoms with Crippen molar-refractivity contribution in [2.24, 2.45) is 5.92 Å². The molecule has 2 unspecified atom stereocenters. The summed E-state index contributed by atoms with van der Waals surface area (Å²) in [7, 11) is 0. The molecule has 3 rings (SSSR count). The molecule has 3 nitrogen and oxygen atoms in total. The number of piperidine rings is 1. The summed E-state index contributed by atoms with van der Waals surface area (Å²) in [6, 6.07) is 8.51. The molecule has 1 saturated heterocycles. The number of rotatable bonds is 3. The van der Waals surface area contributed by atoms with Crippen molar-refractivity contribution in [1.82, 2.24) is 10.6 Å². The lowest BCUT2D eigenvalue weighted by molar-refractivity contribution is -0.124. The molecule has 1 aromatic carbocycles. The molecule has 2 aliphatic rings. The normalized spacial score (nSPS) is 27.9. The van der Waals surface area contributed by atoms with Gasteiger partial charge in [-0.1, -0.05) is 35.0 Å². The van der Waals surface area contributed by atoms with Crippen molar-refractivity contribution in [3.8, 4) is 0 Å². The molecule has 20 heavy (non-hydrogen) atoms. The average Bonchev–Trinajstić information content (AvgIpc) is 3.24. The SMILES string of the molecule is CC1CNCCC1NC(=O)C1(c2ccc(Br)cc2)CC1. The van der Waals surface area contributed by atoms with Gasteiger partial charge in [0.2, 0.25) is 5.91 Å². The van der Waals surface area contributed by atoms with Gasteiger partial charge in [-0.3, -0.25) is 4.79 Å². The van der Waals surface area contributed by atoms with Crippen LogP contribution < -0.4 is 10.6 Å². The molecule has 0 radical (unpaired) electrons. The molecule has 1 heterocycles. The van der Waals surface area contributed by atoms with Gasteiger partial charge < -0.3 is 10.6 Å². The molecule has 2 N–H and O–H groups in total. The minimum absolute atomic E-state index is 0.221. The zero-order chi connectivity index (χ0) is 14.2. The number of carbonyl (C=O) groups excluding carboxylic acids is 1. The van der Waals surface area contributed by atoms with Gasteiger partial charge in [-0.25, -0.2) is 0 Å². The summed E-state index contributed by atoms with van der Waals surface area (Å²) in [5.74, 6) is 0.729. The van der Waals surface area contributed by atoms with Crippen molar-refractivity contribution in [2.45, 2.75) is 37.6 Å². The van der Waals surface area contributed by atoms with Crippen molar-refractivity contribution >= 4 is 21.8 Å². The summed E-state index contributed by atoms with van der Waals surface area (Å²) in [4.78, 5) is 12.7. The quantitative estimate of drug-likeness (QED) is 0.890. The van der Waals surface area contributed by atoms with Crippen LogP contribution >= 0.6 is 15.9 Å². The maximum absolute atomic E-state index is 12.7. The lowest BCUT2D eigenvalue weighted by Crippen LogP contribution is -2.50. The second-order valence-electron chi connectivity index (χ2n) is 6.14. The summed E-state index contributed by atoms with van der Waals surface area (Å²) < 4.78 is 1.06. The lowest BCUT2D eigenvalue weighted by atomic mass is 9.91. The number of halogens is 1. The van der Waals surface area contributed by atoms with Crippen LogP contribution in [0.5, 0.6) is 0 Å². The molecule has 1 aromatic rings. The second-order valence-corrected chi connectivity index (χ2v) is 7.05. The molecule has 1 aliphatic heterocycles. The van der Waals surface area contributed by atoms with Crippen LogP contribution in [-0.2, 0) is 10.2 Å². The Morgan fingerprint density at radius 2 is 2.05 bits per heavy atom. The van der Waals surface area contributed by atoms with Crippen molar-refractivity contribution in [1.29, 1.82) is 0 Å². The molecule has 2 fully saturated rings. The van der Waals surface area contributed by atoms with Gasteiger partial charge in [0.25, 0.3) is 0 Å². The molecule has 1 aliphatic carbocycles. The number of hydrogen-bond donors (Lipinski definition) is 2. The fourth-order valence-corrected chi connectivity index (χ4v) is 3.34. The highest BCUT2D eigenvalue weighted by Crippen LogP contribution is 2.48. The zero-order valence-corrected chi connectivity index (χ0v) is 13.4. The highest BCUT2D eigenvalue weighted by atomic mass is 79.9. The van der Waals surface area contributed by atoms with E-state index < -0.39 is 0 Å². The van der Waals surface area contributed by atoms with Gasteiger partial charge in [0, 0.05) is 10.5 Å². The predicted octanol–water partition coefficient (Wildman–Crippen LogP) is 2.59. The van der Waals surface area contributed by atoms with Crippen molar-refractivity contribution in [3.63, 3.8) is 0 Å². The summed E-state index contributed by atoms with van der Waals surface area (Å²) in [6.07, 6.45) is 2.98. The topological polar surface area (TPSA) is 41.1 Å². The van der Waals surface area contributed by atoms with E-state index in [1.165, 1.54) is 0 Å². The molecule has 2 atom stereocenters. The number of hydrogen-bond acceptors (Lipinski definition) is 2. The van der Waals surface area contributed by atoms with Gasteiger partial charge in [0.1, 0.15) is 0 Å². The molecule has 4 heteroatoms. The predicted molar refractivity (Wildman–Crippen MR) is 83.6 cm³/mol. The van der Waals surface area contributed by atoms with Crippen molar-refractivity contribution in [2.75, 3.05) is 13.1 Å². The first-order chi connectivity index (χ1) is 9.62. The Morgan fingerprint density at radius 3 is 2.65 bits per heavy atom. The van der Waals surface area contributed by atoms with E-state index in [2.05, 4.69) is 45.6 Å². The van der Waals surface area contributed by atoms with Gasteiger partial charge in [-0.05, 0) is 56.0 Å². The molecule has 108 valence electrons. The monoisotopic (exact) mass is 336 g/mol. The third-order valence-corrected chi connectivity index (χ3v) is 5.21. The van der Waals surface area contributed by atoms with Crippen LogP contribution in [0.15, 0.2) is 28.7 Å². The molecule has 0 bridgehead atoms. The van der Waals surface area contributed by atoms with Gasteiger partial charge >= 0.3 is 0 Å². The Morgan fingerprint density at radius 1 is 1.35 bits per heavy atom. The van der Waals surface area contributed by atoms with Gasteiger partial charge in [-0.15, -0.1) is 0 Å². The fourth-order valence-electron chi connectivity index (χ4n) is 3.08. The summed E-state index contributed by atoms with van der Waals surface area (Å²) in [5.41, 5.74) is 0.894. The number of benzene rings is 1. The largest absolute Gasteiger partial charge is 0.352 e. The molecular formula is C16H21BrN2O. The highest BCUT2D eigenvalue weighted by Gasteiger charge is 2.51. The van der Waals surface area contributed by atoms with Crippen LogP contribution in [0.3, 0.4) is 0 Å². The van der Waals surface area contributed by atoms with E-state index in [0.29, 0.717) is 12.0 Å². The number of nitrogens with one attached hydrogen (secondary N) is 2. The fraction of sp³-hybridized carbons (Fsp3) is 0.562. The Labute approximate surface area is 128 Å². The van der Waals surface area contributed by atoms with Crippen molar-refractivity contribution < 1.29 is 4.79 Å². The second kappa shape index (κ2) is 5.49. The van der Waals surface area contributed by atoms with E-state index in [-0.39, 0.29) is 11.3 Å². The van der Waals surface area contributed by atoms with Crippen LogP contribution in [0.2, 0.25) is 0 Å². The Hall–Kier alpha value is -0.870. The van der Waals surface area contributed by atoms with E-state index in [9.17, 15) is 4.79 Å². The van der Waals surface area contributed by atoms with Crippen LogP contribution in [0.4, 0.5) is 0 Å². The summed E-state index contributed by atoms with van der Waals surface area (Å²) >= 11 is 3.45. The smallest absolute Gasteiger partial charge is 0.230 e. The van der Waals surface area contributed by atoms with Crippen molar-refractivity contribution in [3.05, 3.63) is 34.3 Å². The molecule has 1 amide bonds. The highest BCUT2D eigenvalue weighted by molar-refractivity contribution is 9.10. The van der Waals surface area contributed by atoms with Crippen LogP contribution in [0, 0.1) is 5.92 Å². The minimum atomic E-state index is -0.259. The number of carbonyl (C=O) groups is 1. The maximum Gasteiger partial charge on any atom is 0.230 e. The molecule has 1 saturated carbocycles. The zero-order valence-electron chi connectivity index (χ0n) is 11.8. The molecule has 0 spiro atoms. The van der Waals surface area contributed by atoms with E-state index in [1.807, 2.05) is 12.1 Å². The average molecular weight is 337 g/mol. The minimum Gasteiger partial charge on any atom is -0.352 e. The van der Waals surface area contributed by atoms with E-state index in [0.717, 1.165) is 42.4 Å². The van der Waals surface area contributed by atoms with E-state index >= 15 is 0 Å². The molecular weight excluding hydrogens is 316 g/mol. The Bertz CT molecular complexity index is 496. The first-order valence-corrected chi connectivity index (χ1v) is 8.19. The van der Waals surface area contributed by atoms with Crippen LogP contribution in [-0.4, -0.2) is 25.0 Å². The number of amides is 1. The van der Waals surface area contributed by atoms with Gasteiger partial charge in [0.05, 0.1) is 5.41 Å². The van der Waals surface area contributed by atoms with Crippen LogP contribution in [0.1, 0.15) is 31.7 Å². The Kier molecular flexibility index (Phi) is 3.87. The standard InChI is InChI=1S/C16H21BrN2O/c1-11-10-18-9-6-14(11)19-15(20)16(7-8-16)12-2-4-13(17)5-3-12/h2-5,11,14,18H,6-10H2,1H3,(H,19,20). The Balaban J connectivity index is 1.71. The molecule has 0 aromatic heterocycles. The summed E-state index contributed by atoms with van der Waals surface area (Å²) in [5, 5.41) is 6.67. The third kappa shape index (κ3) is 2.63.